The first-order valence-electron chi connectivity index (χ1n) is 9.59. The number of aromatic carboxylic acids is 1. The lowest BCUT2D eigenvalue weighted by molar-refractivity contribution is -0.126. The lowest BCUT2D eigenvalue weighted by Gasteiger charge is -2.36. The molecule has 30 heavy (non-hydrogen) atoms. The van der Waals surface area contributed by atoms with Crippen LogP contribution in [0.5, 0.6) is 0 Å². The molecule has 1 amide bonds. The molecular formula is C24H17NO5. The van der Waals surface area contributed by atoms with E-state index in [0.29, 0.717) is 45.7 Å². The first-order chi connectivity index (χ1) is 14.4. The van der Waals surface area contributed by atoms with E-state index in [1.54, 1.807) is 41.3 Å². The number of nitrogens with zero attached hydrogens (tertiary/aromatic N) is 1. The Bertz CT molecular complexity index is 1370. The van der Waals surface area contributed by atoms with Crippen molar-refractivity contribution in [3.05, 3.63) is 76.5 Å². The maximum Gasteiger partial charge on any atom is 0.336 e. The van der Waals surface area contributed by atoms with Gasteiger partial charge in [-0.1, -0.05) is 25.1 Å². The van der Waals surface area contributed by atoms with Crippen LogP contribution >= 0.6 is 0 Å². The number of rotatable bonds is 3. The highest BCUT2D eigenvalue weighted by atomic mass is 16.4. The number of amides is 1. The molecule has 5 rings (SSSR count). The Hall–Kier alpha value is -3.93. The van der Waals surface area contributed by atoms with Crippen LogP contribution in [0.2, 0.25) is 0 Å². The minimum Gasteiger partial charge on any atom is -0.478 e. The van der Waals surface area contributed by atoms with Gasteiger partial charge in [-0.3, -0.25) is 9.59 Å². The second-order valence-corrected chi connectivity index (χ2v) is 7.52. The quantitative estimate of drug-likeness (QED) is 0.411. The van der Waals surface area contributed by atoms with Crippen LogP contribution in [0, 0.1) is 5.92 Å². The SMILES string of the molecule is CC1CN(c2ccc3c(-c4ccccc4C(=O)O)c4ccc(=O)cc-4oc3c2)C1=O. The number of benzene rings is 3. The number of hydrogen-bond acceptors (Lipinski definition) is 4. The minimum atomic E-state index is -1.04. The van der Waals surface area contributed by atoms with Crippen molar-refractivity contribution in [2.45, 2.75) is 6.92 Å². The molecule has 148 valence electrons. The molecule has 2 aromatic carbocycles. The second-order valence-electron chi connectivity index (χ2n) is 7.52. The number of fused-ring (bicyclic) bond motifs is 2. The molecule has 0 radical (unpaired) electrons. The van der Waals surface area contributed by atoms with E-state index in [1.165, 1.54) is 12.1 Å². The predicted octanol–water partition coefficient (Wildman–Crippen LogP) is 4.25. The molecule has 0 spiro atoms. The summed E-state index contributed by atoms with van der Waals surface area (Å²) >= 11 is 0. The molecule has 0 bridgehead atoms. The van der Waals surface area contributed by atoms with Gasteiger partial charge in [0.25, 0.3) is 0 Å². The largest absolute Gasteiger partial charge is 0.478 e. The van der Waals surface area contributed by atoms with Crippen molar-refractivity contribution in [2.24, 2.45) is 5.92 Å². The van der Waals surface area contributed by atoms with E-state index in [1.807, 2.05) is 19.1 Å². The molecule has 0 aromatic heterocycles. The third-order valence-corrected chi connectivity index (χ3v) is 5.56. The third-order valence-electron chi connectivity index (χ3n) is 5.56. The lowest BCUT2D eigenvalue weighted by atomic mass is 9.90. The van der Waals surface area contributed by atoms with Crippen LogP contribution in [-0.4, -0.2) is 23.5 Å². The number of β-lactam (4-membered cyclic amide) rings is 1. The van der Waals surface area contributed by atoms with Gasteiger partial charge < -0.3 is 14.4 Å². The average Bonchev–Trinajstić information content (AvgIpc) is 2.75. The molecule has 2 heterocycles. The van der Waals surface area contributed by atoms with E-state index < -0.39 is 5.97 Å². The Morgan fingerprint density at radius 1 is 1.03 bits per heavy atom. The second kappa shape index (κ2) is 6.56. The molecule has 6 nitrogen and oxygen atoms in total. The van der Waals surface area contributed by atoms with E-state index in [0.717, 1.165) is 0 Å². The molecule has 1 fully saturated rings. The number of carbonyl (C=O) groups excluding carboxylic acids is 1. The fourth-order valence-corrected chi connectivity index (χ4v) is 4.03. The summed E-state index contributed by atoms with van der Waals surface area (Å²) in [6.45, 7) is 2.52. The molecule has 3 aliphatic rings. The number of anilines is 1. The van der Waals surface area contributed by atoms with Gasteiger partial charge in [0.15, 0.2) is 5.43 Å². The maximum absolute atomic E-state index is 12.2. The van der Waals surface area contributed by atoms with Gasteiger partial charge in [-0.2, -0.15) is 0 Å². The Labute approximate surface area is 171 Å². The molecular weight excluding hydrogens is 382 g/mol. The van der Waals surface area contributed by atoms with Crippen LogP contribution in [0.25, 0.3) is 33.4 Å². The Morgan fingerprint density at radius 2 is 1.83 bits per heavy atom. The van der Waals surface area contributed by atoms with Crippen LogP contribution < -0.4 is 10.3 Å². The van der Waals surface area contributed by atoms with Crippen LogP contribution in [0.4, 0.5) is 5.69 Å². The van der Waals surface area contributed by atoms with Gasteiger partial charge in [0, 0.05) is 40.9 Å². The monoisotopic (exact) mass is 399 g/mol. The van der Waals surface area contributed by atoms with Crippen LogP contribution in [0.15, 0.2) is 69.9 Å². The molecule has 1 unspecified atom stereocenters. The predicted molar refractivity (Wildman–Crippen MR) is 113 cm³/mol. The molecule has 1 aliphatic carbocycles. The molecule has 2 aromatic rings. The normalized spacial score (nSPS) is 16.1. The number of hydrogen-bond donors (Lipinski definition) is 1. The van der Waals surface area contributed by atoms with Gasteiger partial charge in [0.2, 0.25) is 5.91 Å². The molecule has 2 aliphatic heterocycles. The fraction of sp³-hybridized carbons (Fsp3) is 0.125. The fourth-order valence-electron chi connectivity index (χ4n) is 4.03. The van der Waals surface area contributed by atoms with Crippen LogP contribution in [0.3, 0.4) is 0 Å². The number of carboxylic acids is 1. The minimum absolute atomic E-state index is 0.00438. The first-order valence-corrected chi connectivity index (χ1v) is 9.59. The molecule has 1 atom stereocenters. The number of carbonyl (C=O) groups is 2. The topological polar surface area (TPSA) is 87.8 Å². The van der Waals surface area contributed by atoms with Gasteiger partial charge in [0.05, 0.1) is 11.5 Å². The first kappa shape index (κ1) is 18.1. The lowest BCUT2D eigenvalue weighted by Crippen LogP contribution is -2.51. The van der Waals surface area contributed by atoms with Crippen molar-refractivity contribution in [1.29, 1.82) is 0 Å². The molecule has 1 N–H and O–H groups in total. The standard InChI is InChI=1S/C24H17NO5/c1-13-12-25(23(13)27)14-6-8-18-20(10-14)30-21-11-15(26)7-9-19(21)22(18)16-4-2-3-5-17(16)24(28)29/h2-11,13H,12H2,1H3,(H,28,29). The maximum atomic E-state index is 12.2. The molecule has 1 saturated heterocycles. The zero-order valence-electron chi connectivity index (χ0n) is 16.1. The summed E-state index contributed by atoms with van der Waals surface area (Å²) in [5.74, 6) is -0.626. The summed E-state index contributed by atoms with van der Waals surface area (Å²) in [6.07, 6.45) is 0. The third kappa shape index (κ3) is 2.69. The van der Waals surface area contributed by atoms with Crippen LogP contribution in [-0.2, 0) is 4.79 Å². The van der Waals surface area contributed by atoms with Gasteiger partial charge in [-0.25, -0.2) is 4.79 Å². The van der Waals surface area contributed by atoms with Crippen molar-refractivity contribution >= 4 is 28.5 Å². The summed E-state index contributed by atoms with van der Waals surface area (Å²) in [5, 5.41) is 10.4. The van der Waals surface area contributed by atoms with E-state index >= 15 is 0 Å². The summed E-state index contributed by atoms with van der Waals surface area (Å²) in [6, 6.07) is 16.7. The zero-order valence-corrected chi connectivity index (χ0v) is 16.1. The highest BCUT2D eigenvalue weighted by Crippen LogP contribution is 2.42. The van der Waals surface area contributed by atoms with Crippen molar-refractivity contribution in [1.82, 2.24) is 0 Å². The van der Waals surface area contributed by atoms with E-state index in [-0.39, 0.29) is 22.8 Å². The average molecular weight is 399 g/mol. The van der Waals surface area contributed by atoms with Crippen molar-refractivity contribution in [3.8, 4) is 22.5 Å². The zero-order chi connectivity index (χ0) is 21.0. The summed E-state index contributed by atoms with van der Waals surface area (Å²) in [5.41, 5.74) is 3.02. The highest BCUT2D eigenvalue weighted by molar-refractivity contribution is 6.09. The van der Waals surface area contributed by atoms with Gasteiger partial charge >= 0.3 is 5.97 Å². The summed E-state index contributed by atoms with van der Waals surface area (Å²) in [7, 11) is 0. The smallest absolute Gasteiger partial charge is 0.336 e. The highest BCUT2D eigenvalue weighted by Gasteiger charge is 2.34. The Balaban J connectivity index is 1.83. The van der Waals surface area contributed by atoms with Crippen molar-refractivity contribution in [2.75, 3.05) is 11.4 Å². The van der Waals surface area contributed by atoms with Crippen LogP contribution in [0.1, 0.15) is 17.3 Å². The van der Waals surface area contributed by atoms with E-state index in [9.17, 15) is 19.5 Å². The Kier molecular flexibility index (Phi) is 3.96. The van der Waals surface area contributed by atoms with Crippen molar-refractivity contribution < 1.29 is 19.1 Å². The van der Waals surface area contributed by atoms with Gasteiger partial charge in [-0.05, 0) is 35.9 Å². The molecule has 6 heteroatoms. The Morgan fingerprint density at radius 3 is 2.57 bits per heavy atom. The number of carboxylic acid groups (broad SMARTS) is 1. The van der Waals surface area contributed by atoms with Gasteiger partial charge in [-0.15, -0.1) is 0 Å². The summed E-state index contributed by atoms with van der Waals surface area (Å²) < 4.78 is 6.03. The molecule has 0 saturated carbocycles. The summed E-state index contributed by atoms with van der Waals surface area (Å²) in [4.78, 5) is 37.6. The van der Waals surface area contributed by atoms with Gasteiger partial charge in [0.1, 0.15) is 11.3 Å². The van der Waals surface area contributed by atoms with Crippen molar-refractivity contribution in [3.63, 3.8) is 0 Å². The van der Waals surface area contributed by atoms with E-state index in [4.69, 9.17) is 4.42 Å². The van der Waals surface area contributed by atoms with E-state index in [2.05, 4.69) is 0 Å².